The zero-order valence-electron chi connectivity index (χ0n) is 15.2. The molecule has 3 rings (SSSR count). The van der Waals surface area contributed by atoms with Gasteiger partial charge < -0.3 is 4.90 Å². The fourth-order valence-electron chi connectivity index (χ4n) is 2.79. The van der Waals surface area contributed by atoms with Gasteiger partial charge in [0.15, 0.2) is 0 Å². The maximum atomic E-state index is 13.8. The van der Waals surface area contributed by atoms with Crippen molar-refractivity contribution < 1.29 is 9.18 Å². The number of halogens is 1. The van der Waals surface area contributed by atoms with Gasteiger partial charge in [-0.1, -0.05) is 48.5 Å². The highest BCUT2D eigenvalue weighted by Gasteiger charge is 2.13. The first-order chi connectivity index (χ1) is 13.1. The van der Waals surface area contributed by atoms with E-state index in [1.807, 2.05) is 43.3 Å². The van der Waals surface area contributed by atoms with E-state index < -0.39 is 0 Å². The van der Waals surface area contributed by atoms with Crippen molar-refractivity contribution in [3.63, 3.8) is 0 Å². The lowest BCUT2D eigenvalue weighted by Crippen LogP contribution is -2.28. The second-order valence-electron chi connectivity index (χ2n) is 6.34. The molecule has 136 valence electrons. The number of aryl methyl sites for hydroxylation is 1. The second kappa shape index (κ2) is 8.90. The normalized spacial score (nSPS) is 10.9. The van der Waals surface area contributed by atoms with E-state index in [1.165, 1.54) is 18.2 Å². The maximum absolute atomic E-state index is 13.8. The van der Waals surface area contributed by atoms with E-state index in [9.17, 15) is 9.18 Å². The molecule has 0 saturated carbocycles. The van der Waals surface area contributed by atoms with Crippen molar-refractivity contribution >= 4 is 12.0 Å². The van der Waals surface area contributed by atoms with Crippen molar-refractivity contribution in [1.82, 2.24) is 9.88 Å². The molecule has 1 aromatic heterocycles. The van der Waals surface area contributed by atoms with Gasteiger partial charge in [-0.15, -0.1) is 0 Å². The summed E-state index contributed by atoms with van der Waals surface area (Å²) in [7, 11) is 0. The van der Waals surface area contributed by atoms with Crippen LogP contribution in [0.3, 0.4) is 0 Å². The molecule has 0 bridgehead atoms. The standard InChI is InChI=1S/C23H21FN2O/c1-18-7-2-3-10-21(18)17-26(16-19-8-6-14-25-15-19)23(27)13-12-20-9-4-5-11-22(20)24/h2-15H,16-17H2,1H3/b13-12+. The Balaban J connectivity index is 1.83. The summed E-state index contributed by atoms with van der Waals surface area (Å²) < 4.78 is 13.8. The molecule has 0 aliphatic rings. The monoisotopic (exact) mass is 360 g/mol. The number of benzene rings is 2. The summed E-state index contributed by atoms with van der Waals surface area (Å²) in [5.74, 6) is -0.523. The van der Waals surface area contributed by atoms with Gasteiger partial charge in [-0.2, -0.15) is 0 Å². The fraction of sp³-hybridized carbons (Fsp3) is 0.130. The molecule has 4 heteroatoms. The van der Waals surface area contributed by atoms with Gasteiger partial charge in [0.05, 0.1) is 0 Å². The van der Waals surface area contributed by atoms with Crippen LogP contribution >= 0.6 is 0 Å². The zero-order valence-corrected chi connectivity index (χ0v) is 15.2. The van der Waals surface area contributed by atoms with Crippen LogP contribution in [0, 0.1) is 12.7 Å². The predicted octanol–water partition coefficient (Wildman–Crippen LogP) is 4.77. The van der Waals surface area contributed by atoms with Gasteiger partial charge in [-0.25, -0.2) is 4.39 Å². The van der Waals surface area contributed by atoms with Crippen LogP contribution in [-0.4, -0.2) is 15.8 Å². The van der Waals surface area contributed by atoms with E-state index in [0.717, 1.165) is 16.7 Å². The zero-order chi connectivity index (χ0) is 19.1. The van der Waals surface area contributed by atoms with Crippen LogP contribution < -0.4 is 0 Å². The Labute approximate surface area is 158 Å². The van der Waals surface area contributed by atoms with E-state index in [0.29, 0.717) is 18.7 Å². The molecule has 0 fully saturated rings. The highest BCUT2D eigenvalue weighted by Crippen LogP contribution is 2.15. The average molecular weight is 360 g/mol. The molecule has 0 radical (unpaired) electrons. The largest absolute Gasteiger partial charge is 0.330 e. The Morgan fingerprint density at radius 2 is 1.81 bits per heavy atom. The van der Waals surface area contributed by atoms with E-state index in [-0.39, 0.29) is 11.7 Å². The Morgan fingerprint density at radius 1 is 1.04 bits per heavy atom. The summed E-state index contributed by atoms with van der Waals surface area (Å²) in [5, 5.41) is 0. The summed E-state index contributed by atoms with van der Waals surface area (Å²) in [6.07, 6.45) is 6.40. The van der Waals surface area contributed by atoms with Crippen molar-refractivity contribution in [2.45, 2.75) is 20.0 Å². The summed E-state index contributed by atoms with van der Waals surface area (Å²) in [4.78, 5) is 18.7. The quantitative estimate of drug-likeness (QED) is 0.593. The number of carbonyl (C=O) groups excluding carboxylic acids is 1. The molecule has 0 unspecified atom stereocenters. The van der Waals surface area contributed by atoms with Crippen LogP contribution in [0.2, 0.25) is 0 Å². The van der Waals surface area contributed by atoms with Crippen molar-refractivity contribution in [3.8, 4) is 0 Å². The predicted molar refractivity (Wildman–Crippen MR) is 105 cm³/mol. The Hall–Kier alpha value is -3.27. The van der Waals surface area contributed by atoms with Gasteiger partial charge in [0, 0.05) is 37.1 Å². The first-order valence-electron chi connectivity index (χ1n) is 8.78. The molecular weight excluding hydrogens is 339 g/mol. The Bertz CT molecular complexity index is 938. The number of rotatable bonds is 6. The SMILES string of the molecule is Cc1ccccc1CN(Cc1cccnc1)C(=O)/C=C/c1ccccc1F. The molecule has 3 aromatic rings. The molecule has 0 aliphatic carbocycles. The number of hydrogen-bond donors (Lipinski definition) is 0. The minimum Gasteiger partial charge on any atom is -0.330 e. The van der Waals surface area contributed by atoms with Crippen LogP contribution in [-0.2, 0) is 17.9 Å². The number of amides is 1. The van der Waals surface area contributed by atoms with Crippen LogP contribution in [0.1, 0.15) is 22.3 Å². The summed E-state index contributed by atoms with van der Waals surface area (Å²) >= 11 is 0. The highest BCUT2D eigenvalue weighted by molar-refractivity contribution is 5.91. The first kappa shape index (κ1) is 18.5. The molecule has 1 heterocycles. The molecule has 1 amide bonds. The van der Waals surface area contributed by atoms with Crippen LogP contribution in [0.15, 0.2) is 79.1 Å². The smallest absolute Gasteiger partial charge is 0.247 e. The van der Waals surface area contributed by atoms with Crippen molar-refractivity contribution in [2.75, 3.05) is 0 Å². The molecule has 0 atom stereocenters. The third kappa shape index (κ3) is 5.11. The number of carbonyl (C=O) groups is 1. The second-order valence-corrected chi connectivity index (χ2v) is 6.34. The lowest BCUT2D eigenvalue weighted by molar-refractivity contribution is -0.127. The van der Waals surface area contributed by atoms with Gasteiger partial charge in [0.1, 0.15) is 5.82 Å². The molecule has 0 spiro atoms. The number of aromatic nitrogens is 1. The molecule has 3 nitrogen and oxygen atoms in total. The molecule has 0 aliphatic heterocycles. The summed E-state index contributed by atoms with van der Waals surface area (Å²) in [6.45, 7) is 2.93. The topological polar surface area (TPSA) is 33.2 Å². The maximum Gasteiger partial charge on any atom is 0.247 e. The average Bonchev–Trinajstić information content (AvgIpc) is 2.69. The van der Waals surface area contributed by atoms with Gasteiger partial charge in [0.2, 0.25) is 5.91 Å². The van der Waals surface area contributed by atoms with Crippen LogP contribution in [0.25, 0.3) is 6.08 Å². The third-order valence-corrected chi connectivity index (χ3v) is 4.34. The van der Waals surface area contributed by atoms with Gasteiger partial charge in [-0.3, -0.25) is 9.78 Å². The Morgan fingerprint density at radius 3 is 2.56 bits per heavy atom. The van der Waals surface area contributed by atoms with Gasteiger partial charge >= 0.3 is 0 Å². The summed E-state index contributed by atoms with van der Waals surface area (Å²) in [5.41, 5.74) is 3.54. The highest BCUT2D eigenvalue weighted by atomic mass is 19.1. The summed E-state index contributed by atoms with van der Waals surface area (Å²) in [6, 6.07) is 18.2. The lowest BCUT2D eigenvalue weighted by atomic mass is 10.1. The van der Waals surface area contributed by atoms with Gasteiger partial charge in [-0.05, 0) is 41.8 Å². The minimum atomic E-state index is -0.348. The molecular formula is C23H21FN2O. The van der Waals surface area contributed by atoms with Crippen molar-refractivity contribution in [2.24, 2.45) is 0 Å². The first-order valence-corrected chi connectivity index (χ1v) is 8.78. The van der Waals surface area contributed by atoms with Crippen molar-refractivity contribution in [1.29, 1.82) is 0 Å². The molecule has 0 N–H and O–H groups in total. The fourth-order valence-corrected chi connectivity index (χ4v) is 2.79. The lowest BCUT2D eigenvalue weighted by Gasteiger charge is -2.22. The van der Waals surface area contributed by atoms with Crippen molar-refractivity contribution in [3.05, 3.63) is 107 Å². The number of nitrogens with zero attached hydrogens (tertiary/aromatic N) is 2. The minimum absolute atomic E-state index is 0.176. The molecule has 27 heavy (non-hydrogen) atoms. The third-order valence-electron chi connectivity index (χ3n) is 4.34. The van der Waals surface area contributed by atoms with E-state index in [4.69, 9.17) is 0 Å². The Kier molecular flexibility index (Phi) is 6.10. The van der Waals surface area contributed by atoms with E-state index in [1.54, 1.807) is 35.5 Å². The van der Waals surface area contributed by atoms with Crippen LogP contribution in [0.5, 0.6) is 0 Å². The molecule has 2 aromatic carbocycles. The number of hydrogen-bond acceptors (Lipinski definition) is 2. The van der Waals surface area contributed by atoms with E-state index >= 15 is 0 Å². The number of pyridine rings is 1. The van der Waals surface area contributed by atoms with E-state index in [2.05, 4.69) is 4.98 Å². The van der Waals surface area contributed by atoms with Gasteiger partial charge in [0.25, 0.3) is 0 Å². The molecule has 0 saturated heterocycles. The van der Waals surface area contributed by atoms with Crippen LogP contribution in [0.4, 0.5) is 4.39 Å².